The molecule has 3 aromatic rings. The van der Waals surface area contributed by atoms with Gasteiger partial charge in [-0.25, -0.2) is 0 Å². The molecule has 2 heterocycles. The van der Waals surface area contributed by atoms with Crippen molar-refractivity contribution in [1.82, 2.24) is 15.3 Å². The van der Waals surface area contributed by atoms with Gasteiger partial charge in [0.15, 0.2) is 0 Å². The number of fused-ring (bicyclic) bond motifs is 1. The molecule has 0 saturated carbocycles. The monoisotopic (exact) mass is 333 g/mol. The van der Waals surface area contributed by atoms with Crippen LogP contribution in [0.3, 0.4) is 0 Å². The number of hydrogen-bond donors (Lipinski definition) is 1. The van der Waals surface area contributed by atoms with Crippen molar-refractivity contribution < 1.29 is 4.79 Å². The third-order valence-electron chi connectivity index (χ3n) is 4.29. The van der Waals surface area contributed by atoms with Gasteiger partial charge in [0.2, 0.25) is 0 Å². The van der Waals surface area contributed by atoms with Gasteiger partial charge in [0.25, 0.3) is 5.91 Å². The second-order valence-corrected chi connectivity index (χ2v) is 6.32. The molecule has 1 amide bonds. The lowest BCUT2D eigenvalue weighted by Gasteiger charge is -2.10. The summed E-state index contributed by atoms with van der Waals surface area (Å²) < 4.78 is 0. The number of aromatic nitrogens is 2. The predicted molar refractivity (Wildman–Crippen MR) is 101 cm³/mol. The largest absolute Gasteiger partial charge is 0.352 e. The highest BCUT2D eigenvalue weighted by Gasteiger charge is 2.12. The van der Waals surface area contributed by atoms with Crippen LogP contribution in [-0.2, 0) is 6.42 Å². The first-order chi connectivity index (χ1) is 12.1. The Kier molecular flexibility index (Phi) is 5.39. The van der Waals surface area contributed by atoms with E-state index in [1.54, 1.807) is 0 Å². The van der Waals surface area contributed by atoms with Gasteiger partial charge < -0.3 is 5.32 Å². The second kappa shape index (κ2) is 7.88. The maximum absolute atomic E-state index is 12.6. The van der Waals surface area contributed by atoms with Crippen LogP contribution in [0.5, 0.6) is 0 Å². The Morgan fingerprint density at radius 1 is 1.08 bits per heavy atom. The lowest BCUT2D eigenvalue weighted by molar-refractivity contribution is 0.0954. The van der Waals surface area contributed by atoms with Crippen LogP contribution in [0.2, 0.25) is 0 Å². The molecule has 0 fully saturated rings. The van der Waals surface area contributed by atoms with Gasteiger partial charge in [0, 0.05) is 29.5 Å². The fourth-order valence-corrected chi connectivity index (χ4v) is 2.98. The number of hydrogen-bond acceptors (Lipinski definition) is 3. The molecule has 2 aromatic heterocycles. The summed E-state index contributed by atoms with van der Waals surface area (Å²) in [4.78, 5) is 21.5. The molecular weight excluding hydrogens is 310 g/mol. The van der Waals surface area contributed by atoms with Crippen molar-refractivity contribution in [2.24, 2.45) is 0 Å². The van der Waals surface area contributed by atoms with Gasteiger partial charge in [-0.05, 0) is 56.9 Å². The summed E-state index contributed by atoms with van der Waals surface area (Å²) >= 11 is 0. The van der Waals surface area contributed by atoms with Gasteiger partial charge in [-0.3, -0.25) is 14.8 Å². The van der Waals surface area contributed by atoms with Crippen LogP contribution in [0.15, 0.2) is 48.7 Å². The summed E-state index contributed by atoms with van der Waals surface area (Å²) in [7, 11) is 0. The summed E-state index contributed by atoms with van der Waals surface area (Å²) in [6.07, 6.45) is 4.69. The fourth-order valence-electron chi connectivity index (χ4n) is 2.98. The van der Waals surface area contributed by atoms with Crippen LogP contribution in [0.1, 0.15) is 40.2 Å². The average Bonchev–Trinajstić information content (AvgIpc) is 2.62. The van der Waals surface area contributed by atoms with Crippen molar-refractivity contribution in [3.8, 4) is 0 Å². The van der Waals surface area contributed by atoms with E-state index in [0.29, 0.717) is 12.1 Å². The summed E-state index contributed by atoms with van der Waals surface area (Å²) in [6.45, 7) is 4.62. The van der Waals surface area contributed by atoms with E-state index in [1.165, 1.54) is 0 Å². The number of nitrogens with zero attached hydrogens (tertiary/aromatic N) is 2. The topological polar surface area (TPSA) is 54.9 Å². The second-order valence-electron chi connectivity index (χ2n) is 6.32. The van der Waals surface area contributed by atoms with Gasteiger partial charge in [-0.1, -0.05) is 24.3 Å². The van der Waals surface area contributed by atoms with E-state index in [-0.39, 0.29) is 5.91 Å². The number of benzene rings is 1. The SMILES string of the molecule is Cc1cc(C(=O)NCCCCc2ccccn2)c2cccc(C)c2n1. The Bertz CT molecular complexity index is 875. The molecule has 0 spiro atoms. The van der Waals surface area contributed by atoms with Gasteiger partial charge in [0.05, 0.1) is 11.1 Å². The molecule has 0 aliphatic rings. The zero-order chi connectivity index (χ0) is 17.6. The van der Waals surface area contributed by atoms with Crippen molar-refractivity contribution in [2.75, 3.05) is 6.54 Å². The zero-order valence-electron chi connectivity index (χ0n) is 14.7. The Balaban J connectivity index is 1.60. The van der Waals surface area contributed by atoms with E-state index in [2.05, 4.69) is 15.3 Å². The van der Waals surface area contributed by atoms with Crippen LogP contribution in [0.25, 0.3) is 10.9 Å². The first-order valence-corrected chi connectivity index (χ1v) is 8.70. The van der Waals surface area contributed by atoms with Crippen molar-refractivity contribution in [3.63, 3.8) is 0 Å². The first-order valence-electron chi connectivity index (χ1n) is 8.70. The molecule has 0 radical (unpaired) electrons. The normalized spacial score (nSPS) is 10.8. The van der Waals surface area contributed by atoms with E-state index < -0.39 is 0 Å². The number of carbonyl (C=O) groups excluding carboxylic acids is 1. The molecule has 0 saturated heterocycles. The Morgan fingerprint density at radius 3 is 2.76 bits per heavy atom. The van der Waals surface area contributed by atoms with Crippen molar-refractivity contribution in [3.05, 3.63) is 71.2 Å². The molecular formula is C21H23N3O. The maximum atomic E-state index is 12.6. The van der Waals surface area contributed by atoms with Crippen molar-refractivity contribution >= 4 is 16.8 Å². The van der Waals surface area contributed by atoms with E-state index in [9.17, 15) is 4.79 Å². The van der Waals surface area contributed by atoms with E-state index >= 15 is 0 Å². The average molecular weight is 333 g/mol. The third kappa shape index (κ3) is 4.21. The van der Waals surface area contributed by atoms with Crippen molar-refractivity contribution in [2.45, 2.75) is 33.1 Å². The minimum Gasteiger partial charge on any atom is -0.352 e. The molecule has 1 aromatic carbocycles. The summed E-state index contributed by atoms with van der Waals surface area (Å²) in [5, 5.41) is 3.95. The highest BCUT2D eigenvalue weighted by molar-refractivity contribution is 6.06. The van der Waals surface area contributed by atoms with Crippen molar-refractivity contribution in [1.29, 1.82) is 0 Å². The molecule has 0 bridgehead atoms. The van der Waals surface area contributed by atoms with Gasteiger partial charge >= 0.3 is 0 Å². The van der Waals surface area contributed by atoms with Gasteiger partial charge in [-0.15, -0.1) is 0 Å². The molecule has 128 valence electrons. The molecule has 0 atom stereocenters. The Morgan fingerprint density at radius 2 is 1.96 bits per heavy atom. The van der Waals surface area contributed by atoms with Crippen LogP contribution in [0, 0.1) is 13.8 Å². The van der Waals surface area contributed by atoms with Crippen LogP contribution in [-0.4, -0.2) is 22.4 Å². The van der Waals surface area contributed by atoms with E-state index in [1.807, 2.05) is 62.5 Å². The Hall–Kier alpha value is -2.75. The fraction of sp³-hybridized carbons (Fsp3) is 0.286. The van der Waals surface area contributed by atoms with E-state index in [0.717, 1.165) is 47.1 Å². The number of pyridine rings is 2. The molecule has 1 N–H and O–H groups in total. The molecule has 0 unspecified atom stereocenters. The number of unbranched alkanes of at least 4 members (excludes halogenated alkanes) is 1. The summed E-state index contributed by atoms with van der Waals surface area (Å²) in [5.41, 5.74) is 4.66. The van der Waals surface area contributed by atoms with Gasteiger partial charge in [0.1, 0.15) is 0 Å². The summed E-state index contributed by atoms with van der Waals surface area (Å²) in [6, 6.07) is 13.8. The highest BCUT2D eigenvalue weighted by atomic mass is 16.1. The van der Waals surface area contributed by atoms with Gasteiger partial charge in [-0.2, -0.15) is 0 Å². The molecule has 3 rings (SSSR count). The van der Waals surface area contributed by atoms with E-state index in [4.69, 9.17) is 0 Å². The number of aryl methyl sites for hydroxylation is 3. The molecule has 4 heteroatoms. The molecule has 0 aliphatic carbocycles. The first kappa shape index (κ1) is 17.1. The molecule has 0 aliphatic heterocycles. The smallest absolute Gasteiger partial charge is 0.252 e. The molecule has 4 nitrogen and oxygen atoms in total. The quantitative estimate of drug-likeness (QED) is 0.694. The lowest BCUT2D eigenvalue weighted by atomic mass is 10.0. The minimum absolute atomic E-state index is 0.0288. The van der Waals surface area contributed by atoms with Crippen LogP contribution < -0.4 is 5.32 Å². The standard InChI is InChI=1S/C21H23N3O/c1-15-8-7-11-18-19(14-16(2)24-20(15)18)21(25)23-13-6-4-10-17-9-3-5-12-22-17/h3,5,7-9,11-12,14H,4,6,10,13H2,1-2H3,(H,23,25). The lowest BCUT2D eigenvalue weighted by Crippen LogP contribution is -2.25. The third-order valence-corrected chi connectivity index (χ3v) is 4.29. The van der Waals surface area contributed by atoms with Crippen LogP contribution >= 0.6 is 0 Å². The van der Waals surface area contributed by atoms with Crippen LogP contribution in [0.4, 0.5) is 0 Å². The number of amides is 1. The number of nitrogens with one attached hydrogen (secondary N) is 1. The summed E-state index contributed by atoms with van der Waals surface area (Å²) in [5.74, 6) is -0.0288. The highest BCUT2D eigenvalue weighted by Crippen LogP contribution is 2.21. The number of rotatable bonds is 6. The zero-order valence-corrected chi connectivity index (χ0v) is 14.7. The predicted octanol–water partition coefficient (Wildman–Crippen LogP) is 4.00. The number of para-hydroxylation sites is 1. The molecule has 25 heavy (non-hydrogen) atoms. The maximum Gasteiger partial charge on any atom is 0.252 e. The number of carbonyl (C=O) groups is 1. The Labute approximate surface area is 148 Å². The minimum atomic E-state index is -0.0288.